The number of carbonyl (C=O) groups excluding carboxylic acids is 2. The highest BCUT2D eigenvalue weighted by Crippen LogP contribution is 2.34. The Morgan fingerprint density at radius 1 is 1.03 bits per heavy atom. The van der Waals surface area contributed by atoms with E-state index in [2.05, 4.69) is 26.1 Å². The van der Waals surface area contributed by atoms with Crippen molar-refractivity contribution >= 4 is 11.8 Å². The molecular weight excluding hydrogens is 392 g/mol. The molecule has 2 aromatic carbocycles. The van der Waals surface area contributed by atoms with E-state index >= 15 is 0 Å². The number of amides is 2. The summed E-state index contributed by atoms with van der Waals surface area (Å²) in [5, 5.41) is 2.85. The fourth-order valence-corrected chi connectivity index (χ4v) is 3.51. The number of para-hydroxylation sites is 1. The first-order chi connectivity index (χ1) is 14.8. The van der Waals surface area contributed by atoms with E-state index < -0.39 is 0 Å². The summed E-state index contributed by atoms with van der Waals surface area (Å²) in [5.41, 5.74) is 2.74. The Labute approximate surface area is 184 Å². The average molecular weight is 425 g/mol. The monoisotopic (exact) mass is 424 g/mol. The molecule has 6 heteroatoms. The number of carbonyl (C=O) groups is 2. The van der Waals surface area contributed by atoms with Gasteiger partial charge in [0.05, 0.1) is 0 Å². The smallest absolute Gasteiger partial charge is 0.251 e. The highest BCUT2D eigenvalue weighted by atomic mass is 16.6. The largest absolute Gasteiger partial charge is 0.486 e. The molecule has 6 nitrogen and oxygen atoms in total. The van der Waals surface area contributed by atoms with Gasteiger partial charge in [-0.25, -0.2) is 0 Å². The van der Waals surface area contributed by atoms with Crippen molar-refractivity contribution < 1.29 is 19.1 Å². The number of nitrogens with one attached hydrogen (secondary N) is 1. The summed E-state index contributed by atoms with van der Waals surface area (Å²) in [6.07, 6.45) is 0.242. The molecule has 0 radical (unpaired) electrons. The van der Waals surface area contributed by atoms with Gasteiger partial charge < -0.3 is 19.7 Å². The lowest BCUT2D eigenvalue weighted by atomic mass is 9.87. The Balaban J connectivity index is 1.53. The van der Waals surface area contributed by atoms with Gasteiger partial charge in [0.25, 0.3) is 5.91 Å². The van der Waals surface area contributed by atoms with E-state index in [-0.39, 0.29) is 23.7 Å². The molecule has 0 spiro atoms. The minimum absolute atomic E-state index is 0.0137. The second-order valence-electron chi connectivity index (χ2n) is 8.68. The minimum Gasteiger partial charge on any atom is -0.486 e. The number of rotatable bonds is 7. The summed E-state index contributed by atoms with van der Waals surface area (Å²) in [7, 11) is 0. The molecule has 2 aromatic rings. The Kier molecular flexibility index (Phi) is 7.21. The minimum atomic E-state index is -0.168. The summed E-state index contributed by atoms with van der Waals surface area (Å²) in [5.74, 6) is 1.25. The van der Waals surface area contributed by atoms with Crippen molar-refractivity contribution in [2.75, 3.05) is 26.3 Å². The van der Waals surface area contributed by atoms with Gasteiger partial charge >= 0.3 is 0 Å². The summed E-state index contributed by atoms with van der Waals surface area (Å²) in [6.45, 7) is 10.7. The fraction of sp³-hybridized carbons (Fsp3) is 0.440. The molecule has 3 rings (SSSR count). The lowest BCUT2D eigenvalue weighted by Crippen LogP contribution is -2.34. The first-order valence-electron chi connectivity index (χ1n) is 10.8. The van der Waals surface area contributed by atoms with Crippen LogP contribution in [0.1, 0.15) is 55.6 Å². The third-order valence-corrected chi connectivity index (χ3v) is 5.38. The van der Waals surface area contributed by atoms with Crippen LogP contribution in [0, 0.1) is 0 Å². The van der Waals surface area contributed by atoms with Gasteiger partial charge in [-0.3, -0.25) is 9.59 Å². The standard InChI is InChI=1S/C25H32N2O4/c1-5-27(17-19-7-6-8-21-23(19)31-16-15-30-21)22(28)13-14-26-24(29)18-9-11-20(12-10-18)25(2,3)4/h6-12H,5,13-17H2,1-4H3,(H,26,29). The number of benzene rings is 2. The molecule has 1 heterocycles. The normalized spacial score (nSPS) is 12.9. The predicted molar refractivity (Wildman–Crippen MR) is 121 cm³/mol. The first-order valence-corrected chi connectivity index (χ1v) is 10.8. The van der Waals surface area contributed by atoms with Gasteiger partial charge in [-0.2, -0.15) is 0 Å². The van der Waals surface area contributed by atoms with E-state index in [0.29, 0.717) is 44.2 Å². The Morgan fingerprint density at radius 3 is 2.42 bits per heavy atom. The molecule has 0 unspecified atom stereocenters. The Bertz CT molecular complexity index is 916. The molecule has 2 amide bonds. The van der Waals surface area contributed by atoms with Crippen molar-refractivity contribution in [3.05, 3.63) is 59.2 Å². The molecule has 166 valence electrons. The van der Waals surface area contributed by atoms with Crippen LogP contribution in [0.4, 0.5) is 0 Å². The topological polar surface area (TPSA) is 67.9 Å². The second kappa shape index (κ2) is 9.86. The second-order valence-corrected chi connectivity index (χ2v) is 8.68. The van der Waals surface area contributed by atoms with Crippen LogP contribution in [0.2, 0.25) is 0 Å². The van der Waals surface area contributed by atoms with Crippen LogP contribution in [0.15, 0.2) is 42.5 Å². The van der Waals surface area contributed by atoms with Crippen molar-refractivity contribution in [3.8, 4) is 11.5 Å². The van der Waals surface area contributed by atoms with Crippen LogP contribution in [0.3, 0.4) is 0 Å². The van der Waals surface area contributed by atoms with Crippen LogP contribution in [-0.2, 0) is 16.8 Å². The van der Waals surface area contributed by atoms with Crippen molar-refractivity contribution in [2.24, 2.45) is 0 Å². The maximum Gasteiger partial charge on any atom is 0.251 e. The molecule has 1 N–H and O–H groups in total. The van der Waals surface area contributed by atoms with E-state index in [0.717, 1.165) is 11.3 Å². The number of nitrogens with zero attached hydrogens (tertiary/aromatic N) is 1. The highest BCUT2D eigenvalue weighted by Gasteiger charge is 2.20. The molecule has 1 aliphatic heterocycles. The van der Waals surface area contributed by atoms with Crippen molar-refractivity contribution in [1.82, 2.24) is 10.2 Å². The van der Waals surface area contributed by atoms with Crippen LogP contribution < -0.4 is 14.8 Å². The van der Waals surface area contributed by atoms with Gasteiger partial charge in [-0.1, -0.05) is 45.0 Å². The van der Waals surface area contributed by atoms with Gasteiger partial charge in [-0.05, 0) is 36.1 Å². The average Bonchev–Trinajstić information content (AvgIpc) is 2.76. The lowest BCUT2D eigenvalue weighted by Gasteiger charge is -2.25. The zero-order valence-corrected chi connectivity index (χ0v) is 18.9. The van der Waals surface area contributed by atoms with Crippen LogP contribution in [0.5, 0.6) is 11.5 Å². The SMILES string of the molecule is CCN(Cc1cccc2c1OCCO2)C(=O)CCNC(=O)c1ccc(C(C)(C)C)cc1. The molecule has 0 aliphatic carbocycles. The summed E-state index contributed by atoms with van der Waals surface area (Å²) in [6, 6.07) is 13.3. The molecule has 0 fully saturated rings. The summed E-state index contributed by atoms with van der Waals surface area (Å²) in [4.78, 5) is 26.9. The number of hydrogen-bond donors (Lipinski definition) is 1. The van der Waals surface area contributed by atoms with E-state index in [9.17, 15) is 9.59 Å². The number of ether oxygens (including phenoxy) is 2. The number of fused-ring (bicyclic) bond motifs is 1. The molecular formula is C25H32N2O4. The zero-order valence-electron chi connectivity index (χ0n) is 18.9. The van der Waals surface area contributed by atoms with Gasteiger partial charge in [0, 0.05) is 37.2 Å². The van der Waals surface area contributed by atoms with E-state index in [1.165, 1.54) is 5.56 Å². The van der Waals surface area contributed by atoms with Gasteiger partial charge in [0.1, 0.15) is 13.2 Å². The number of hydrogen-bond acceptors (Lipinski definition) is 4. The van der Waals surface area contributed by atoms with Gasteiger partial charge in [-0.15, -0.1) is 0 Å². The maximum absolute atomic E-state index is 12.7. The van der Waals surface area contributed by atoms with Crippen molar-refractivity contribution in [2.45, 2.75) is 46.1 Å². The summed E-state index contributed by atoms with van der Waals surface area (Å²) >= 11 is 0. The van der Waals surface area contributed by atoms with Gasteiger partial charge in [0.15, 0.2) is 11.5 Å². The van der Waals surface area contributed by atoms with Gasteiger partial charge in [0.2, 0.25) is 5.91 Å². The molecule has 0 saturated carbocycles. The highest BCUT2D eigenvalue weighted by molar-refractivity contribution is 5.94. The van der Waals surface area contributed by atoms with E-state index in [1.807, 2.05) is 49.4 Å². The zero-order chi connectivity index (χ0) is 22.4. The predicted octanol–water partition coefficient (Wildman–Crippen LogP) is 3.92. The molecule has 31 heavy (non-hydrogen) atoms. The molecule has 0 atom stereocenters. The summed E-state index contributed by atoms with van der Waals surface area (Å²) < 4.78 is 11.4. The van der Waals surface area contributed by atoms with Crippen LogP contribution >= 0.6 is 0 Å². The Morgan fingerprint density at radius 2 is 1.74 bits per heavy atom. The van der Waals surface area contributed by atoms with Crippen LogP contribution in [-0.4, -0.2) is 43.0 Å². The van der Waals surface area contributed by atoms with E-state index in [4.69, 9.17) is 9.47 Å². The Hall–Kier alpha value is -3.02. The van der Waals surface area contributed by atoms with E-state index in [1.54, 1.807) is 4.90 Å². The fourth-order valence-electron chi connectivity index (χ4n) is 3.51. The van der Waals surface area contributed by atoms with Crippen LogP contribution in [0.25, 0.3) is 0 Å². The lowest BCUT2D eigenvalue weighted by molar-refractivity contribution is -0.131. The molecule has 0 saturated heterocycles. The first kappa shape index (κ1) is 22.7. The third kappa shape index (κ3) is 5.78. The third-order valence-electron chi connectivity index (χ3n) is 5.38. The van der Waals surface area contributed by atoms with Crippen molar-refractivity contribution in [3.63, 3.8) is 0 Å². The van der Waals surface area contributed by atoms with Crippen molar-refractivity contribution in [1.29, 1.82) is 0 Å². The molecule has 0 aromatic heterocycles. The maximum atomic E-state index is 12.7. The molecule has 0 bridgehead atoms. The molecule has 1 aliphatic rings. The quantitative estimate of drug-likeness (QED) is 0.731.